The number of nitrogens with zero attached hydrogens (tertiary/aromatic N) is 1. The Hall–Kier alpha value is -2.99. The molecule has 186 valence electrons. The highest BCUT2D eigenvalue weighted by molar-refractivity contribution is 5.94. The SMILES string of the molecule is CCC(C)C(NC(=O)C(C)NC(=O)C(N)Cc1cnc[nH]1)C(=O)NC(CCCCN)C(=O)O. The molecule has 5 unspecified atom stereocenters. The molecule has 12 nitrogen and oxygen atoms in total. The van der Waals surface area contributed by atoms with Gasteiger partial charge in [-0.25, -0.2) is 9.78 Å². The maximum absolute atomic E-state index is 12.8. The first kappa shape index (κ1) is 28.0. The van der Waals surface area contributed by atoms with Crippen molar-refractivity contribution in [2.24, 2.45) is 17.4 Å². The van der Waals surface area contributed by atoms with Gasteiger partial charge in [-0.15, -0.1) is 0 Å². The number of carbonyl (C=O) groups excluding carboxylic acids is 3. The van der Waals surface area contributed by atoms with E-state index in [1.807, 2.05) is 6.92 Å². The molecule has 1 heterocycles. The molecule has 0 fully saturated rings. The molecule has 0 saturated carbocycles. The van der Waals surface area contributed by atoms with Crippen LogP contribution in [0.4, 0.5) is 0 Å². The first-order valence-electron chi connectivity index (χ1n) is 11.2. The Morgan fingerprint density at radius 3 is 2.33 bits per heavy atom. The highest BCUT2D eigenvalue weighted by Crippen LogP contribution is 2.10. The minimum Gasteiger partial charge on any atom is -0.480 e. The second kappa shape index (κ2) is 14.2. The quantitative estimate of drug-likeness (QED) is 0.159. The van der Waals surface area contributed by atoms with Crippen LogP contribution in [0.2, 0.25) is 0 Å². The average Bonchev–Trinajstić information content (AvgIpc) is 3.28. The molecule has 12 heteroatoms. The van der Waals surface area contributed by atoms with Gasteiger partial charge >= 0.3 is 5.97 Å². The number of nitrogens with two attached hydrogens (primary N) is 2. The number of unbranched alkanes of at least 4 members (excludes halogenated alkanes) is 1. The van der Waals surface area contributed by atoms with Gasteiger partial charge in [-0.1, -0.05) is 20.3 Å². The van der Waals surface area contributed by atoms with Crippen molar-refractivity contribution in [3.8, 4) is 0 Å². The van der Waals surface area contributed by atoms with Gasteiger partial charge in [0, 0.05) is 18.3 Å². The van der Waals surface area contributed by atoms with Gasteiger partial charge in [-0.2, -0.15) is 0 Å². The van der Waals surface area contributed by atoms with E-state index in [2.05, 4.69) is 25.9 Å². The highest BCUT2D eigenvalue weighted by atomic mass is 16.4. The second-order valence-electron chi connectivity index (χ2n) is 8.17. The number of carbonyl (C=O) groups is 4. The monoisotopic (exact) mass is 467 g/mol. The van der Waals surface area contributed by atoms with E-state index in [4.69, 9.17) is 11.5 Å². The smallest absolute Gasteiger partial charge is 0.326 e. The van der Waals surface area contributed by atoms with Crippen LogP contribution in [-0.4, -0.2) is 69.5 Å². The van der Waals surface area contributed by atoms with Crippen molar-refractivity contribution in [2.75, 3.05) is 6.54 Å². The zero-order valence-corrected chi connectivity index (χ0v) is 19.5. The van der Waals surface area contributed by atoms with Gasteiger partial charge < -0.3 is 37.5 Å². The summed E-state index contributed by atoms with van der Waals surface area (Å²) < 4.78 is 0. The van der Waals surface area contributed by atoms with Crippen LogP contribution < -0.4 is 27.4 Å². The standard InChI is InChI=1S/C21H37N7O5/c1-4-12(2)17(20(31)27-16(21(32)33)7-5-6-8-22)28-18(29)13(3)26-19(30)15(23)9-14-10-24-11-25-14/h10-13,15-17H,4-9,22-23H2,1-3H3,(H,24,25)(H,26,30)(H,27,31)(H,28,29)(H,32,33). The lowest BCUT2D eigenvalue weighted by atomic mass is 9.97. The number of carboxylic acid groups (broad SMARTS) is 1. The Morgan fingerprint density at radius 2 is 1.79 bits per heavy atom. The van der Waals surface area contributed by atoms with Crippen LogP contribution in [0.5, 0.6) is 0 Å². The molecule has 0 aliphatic heterocycles. The van der Waals surface area contributed by atoms with Gasteiger partial charge in [0.05, 0.1) is 12.4 Å². The Morgan fingerprint density at radius 1 is 1.09 bits per heavy atom. The van der Waals surface area contributed by atoms with Crippen LogP contribution in [0.25, 0.3) is 0 Å². The molecule has 0 spiro atoms. The summed E-state index contributed by atoms with van der Waals surface area (Å²) in [7, 11) is 0. The van der Waals surface area contributed by atoms with Crippen molar-refractivity contribution >= 4 is 23.7 Å². The number of amides is 3. The van der Waals surface area contributed by atoms with E-state index in [1.165, 1.54) is 13.3 Å². The predicted molar refractivity (Wildman–Crippen MR) is 122 cm³/mol. The van der Waals surface area contributed by atoms with Crippen molar-refractivity contribution < 1.29 is 24.3 Å². The number of H-pyrrole nitrogens is 1. The molecule has 1 aromatic heterocycles. The van der Waals surface area contributed by atoms with Gasteiger partial charge in [-0.05, 0) is 38.6 Å². The number of aliphatic carboxylic acids is 1. The van der Waals surface area contributed by atoms with Crippen LogP contribution in [0, 0.1) is 5.92 Å². The summed E-state index contributed by atoms with van der Waals surface area (Å²) in [6.07, 6.45) is 5.25. The maximum atomic E-state index is 12.8. The minimum absolute atomic E-state index is 0.221. The third-order valence-corrected chi connectivity index (χ3v) is 5.44. The summed E-state index contributed by atoms with van der Waals surface area (Å²) in [5.74, 6) is -3.11. The number of rotatable bonds is 15. The van der Waals surface area contributed by atoms with E-state index >= 15 is 0 Å². The predicted octanol–water partition coefficient (Wildman–Crippen LogP) is -0.986. The summed E-state index contributed by atoms with van der Waals surface area (Å²) in [5, 5.41) is 17.1. The van der Waals surface area contributed by atoms with E-state index in [0.717, 1.165) is 0 Å². The molecule has 3 amide bonds. The van der Waals surface area contributed by atoms with E-state index in [9.17, 15) is 24.3 Å². The fourth-order valence-corrected chi connectivity index (χ4v) is 3.10. The molecule has 0 aliphatic rings. The molecule has 5 atom stereocenters. The Kier molecular flexibility index (Phi) is 12.1. The van der Waals surface area contributed by atoms with E-state index in [-0.39, 0.29) is 18.8 Å². The third-order valence-electron chi connectivity index (χ3n) is 5.44. The lowest BCUT2D eigenvalue weighted by Crippen LogP contribution is -2.58. The number of imidazole rings is 1. The Balaban J connectivity index is 2.73. The Bertz CT molecular complexity index is 771. The second-order valence-corrected chi connectivity index (χ2v) is 8.17. The highest BCUT2D eigenvalue weighted by Gasteiger charge is 2.31. The lowest BCUT2D eigenvalue weighted by Gasteiger charge is -2.27. The van der Waals surface area contributed by atoms with Crippen molar-refractivity contribution in [3.05, 3.63) is 18.2 Å². The van der Waals surface area contributed by atoms with Gasteiger partial charge in [0.25, 0.3) is 0 Å². The molecule has 1 rings (SSSR count). The number of carboxylic acids is 1. The fraction of sp³-hybridized carbons (Fsp3) is 0.667. The van der Waals surface area contributed by atoms with Crippen LogP contribution in [0.3, 0.4) is 0 Å². The fourth-order valence-electron chi connectivity index (χ4n) is 3.10. The summed E-state index contributed by atoms with van der Waals surface area (Å²) in [4.78, 5) is 56.1. The molecule has 0 aromatic carbocycles. The van der Waals surface area contributed by atoms with Crippen LogP contribution in [0.15, 0.2) is 12.5 Å². The lowest BCUT2D eigenvalue weighted by molar-refractivity contribution is -0.143. The third kappa shape index (κ3) is 9.58. The number of aromatic nitrogens is 2. The topological polar surface area (TPSA) is 205 Å². The number of hydrogen-bond acceptors (Lipinski definition) is 7. The molecule has 1 aromatic rings. The van der Waals surface area contributed by atoms with Crippen LogP contribution in [-0.2, 0) is 25.6 Å². The number of nitrogens with one attached hydrogen (secondary N) is 4. The van der Waals surface area contributed by atoms with Crippen LogP contribution >= 0.6 is 0 Å². The van der Waals surface area contributed by atoms with Gasteiger partial charge in [-0.3, -0.25) is 14.4 Å². The largest absolute Gasteiger partial charge is 0.480 e. The minimum atomic E-state index is -1.15. The summed E-state index contributed by atoms with van der Waals surface area (Å²) in [6, 6.07) is -3.88. The molecule has 9 N–H and O–H groups in total. The maximum Gasteiger partial charge on any atom is 0.326 e. The number of aromatic amines is 1. The molecule has 0 saturated heterocycles. The molecular formula is C21H37N7O5. The first-order valence-corrected chi connectivity index (χ1v) is 11.2. The van der Waals surface area contributed by atoms with Crippen molar-refractivity contribution in [2.45, 2.75) is 77.0 Å². The van der Waals surface area contributed by atoms with Crippen molar-refractivity contribution in [1.29, 1.82) is 0 Å². The number of hydrogen-bond donors (Lipinski definition) is 7. The summed E-state index contributed by atoms with van der Waals surface area (Å²) in [6.45, 7) is 5.54. The zero-order valence-electron chi connectivity index (χ0n) is 19.5. The summed E-state index contributed by atoms with van der Waals surface area (Å²) >= 11 is 0. The van der Waals surface area contributed by atoms with E-state index < -0.39 is 47.9 Å². The van der Waals surface area contributed by atoms with Crippen molar-refractivity contribution in [1.82, 2.24) is 25.9 Å². The van der Waals surface area contributed by atoms with E-state index in [1.54, 1.807) is 13.1 Å². The molecule has 0 bridgehead atoms. The first-order chi connectivity index (χ1) is 15.6. The Labute approximate surface area is 193 Å². The van der Waals surface area contributed by atoms with Crippen LogP contribution in [0.1, 0.15) is 52.1 Å². The molecule has 0 radical (unpaired) electrons. The normalized spacial score (nSPS) is 15.5. The zero-order chi connectivity index (χ0) is 25.0. The van der Waals surface area contributed by atoms with Gasteiger partial charge in [0.15, 0.2) is 0 Å². The molecule has 0 aliphatic carbocycles. The van der Waals surface area contributed by atoms with Crippen molar-refractivity contribution in [3.63, 3.8) is 0 Å². The van der Waals surface area contributed by atoms with E-state index in [0.29, 0.717) is 31.5 Å². The molecule has 33 heavy (non-hydrogen) atoms. The van der Waals surface area contributed by atoms with Gasteiger partial charge in [0.1, 0.15) is 18.1 Å². The average molecular weight is 468 g/mol. The summed E-state index contributed by atoms with van der Waals surface area (Å²) in [5.41, 5.74) is 12.0. The van der Waals surface area contributed by atoms with Gasteiger partial charge in [0.2, 0.25) is 17.7 Å². The molecular weight excluding hydrogens is 430 g/mol.